The number of allylic oxidation sites excluding steroid dienone is 12. The molecule has 1 unspecified atom stereocenters. The van der Waals surface area contributed by atoms with Crippen molar-refractivity contribution in [2.75, 3.05) is 5.32 Å². The van der Waals surface area contributed by atoms with E-state index in [0.29, 0.717) is 17.5 Å². The van der Waals surface area contributed by atoms with Crippen LogP contribution in [-0.2, 0) is 0 Å². The van der Waals surface area contributed by atoms with E-state index in [0.717, 1.165) is 65.7 Å². The molecule has 16 rings (SSSR count). The summed E-state index contributed by atoms with van der Waals surface area (Å²) >= 11 is 0. The van der Waals surface area contributed by atoms with Crippen molar-refractivity contribution >= 4 is 77.5 Å². The highest BCUT2D eigenvalue weighted by Crippen LogP contribution is 2.43. The number of fused-ring (bicyclic) bond motifs is 6. The molecule has 0 radical (unpaired) electrons. The second kappa shape index (κ2) is 22.2. The normalized spacial score (nSPS) is 15.0. The van der Waals surface area contributed by atoms with Gasteiger partial charge in [-0.3, -0.25) is 0 Å². The zero-order chi connectivity index (χ0) is 57.6. The Bertz CT molecular complexity index is 4940. The van der Waals surface area contributed by atoms with Gasteiger partial charge in [-0.1, -0.05) is 225 Å². The predicted octanol–water partition coefficient (Wildman–Crippen LogP) is 21.2. The van der Waals surface area contributed by atoms with Gasteiger partial charge in [-0.2, -0.15) is 0 Å². The maximum Gasteiger partial charge on any atom is 0.164 e. The van der Waals surface area contributed by atoms with Gasteiger partial charge in [0, 0.05) is 66.9 Å². The molecule has 0 amide bonds. The summed E-state index contributed by atoms with van der Waals surface area (Å²) in [5.41, 5.74) is 23.5. The SMILES string of the molecule is C1=CCCC(c2ccc(-c3ccccc3)c(Nc3ccc(-c4ccc5c(c4)c4cc(C6C=CC(n7c8ccccc8c8ccc(-c9ccccc9)cc87)=CC6)ccc4n5C4=CC=C(c5nc(-c6ccccc6)nc(-c6ccccc6)n5)CC4)cc3)c2)=C1. The molecule has 10 aromatic carbocycles. The molecule has 414 valence electrons. The van der Waals surface area contributed by atoms with E-state index in [1.807, 2.05) is 36.4 Å². The van der Waals surface area contributed by atoms with Gasteiger partial charge in [0.2, 0.25) is 0 Å². The monoisotopic (exact) mass is 1120 g/mol. The molecule has 87 heavy (non-hydrogen) atoms. The lowest BCUT2D eigenvalue weighted by Crippen LogP contribution is -2.06. The number of nitrogens with zero attached hydrogens (tertiary/aromatic N) is 5. The minimum absolute atomic E-state index is 0.202. The molecular formula is C81H60N6. The molecule has 0 aliphatic heterocycles. The highest BCUT2D eigenvalue weighted by Gasteiger charge is 2.23. The Kier molecular flexibility index (Phi) is 13.2. The highest BCUT2D eigenvalue weighted by molar-refractivity contribution is 6.13. The van der Waals surface area contributed by atoms with Crippen LogP contribution < -0.4 is 5.32 Å². The van der Waals surface area contributed by atoms with Gasteiger partial charge in [0.05, 0.1) is 22.1 Å². The number of aromatic nitrogens is 5. The van der Waals surface area contributed by atoms with Crippen LogP contribution in [0.25, 0.3) is 122 Å². The van der Waals surface area contributed by atoms with Crippen LogP contribution in [0.15, 0.2) is 291 Å². The van der Waals surface area contributed by atoms with E-state index in [1.54, 1.807) is 0 Å². The van der Waals surface area contributed by atoms with Gasteiger partial charge in [0.1, 0.15) is 0 Å². The van der Waals surface area contributed by atoms with Crippen molar-refractivity contribution in [1.82, 2.24) is 24.1 Å². The first-order valence-electron chi connectivity index (χ1n) is 30.4. The summed E-state index contributed by atoms with van der Waals surface area (Å²) in [5.74, 6) is 2.26. The zero-order valence-electron chi connectivity index (χ0n) is 48.1. The molecule has 6 nitrogen and oxygen atoms in total. The number of nitrogens with one attached hydrogen (secondary N) is 1. The Morgan fingerprint density at radius 3 is 1.68 bits per heavy atom. The van der Waals surface area contributed by atoms with Gasteiger partial charge in [-0.15, -0.1) is 0 Å². The van der Waals surface area contributed by atoms with Crippen LogP contribution in [-0.4, -0.2) is 24.1 Å². The first kappa shape index (κ1) is 51.7. The Labute approximate surface area is 506 Å². The van der Waals surface area contributed by atoms with Crippen molar-refractivity contribution in [1.29, 1.82) is 0 Å². The summed E-state index contributed by atoms with van der Waals surface area (Å²) < 4.78 is 4.96. The smallest absolute Gasteiger partial charge is 0.164 e. The molecule has 1 atom stereocenters. The number of anilines is 2. The van der Waals surface area contributed by atoms with Crippen molar-refractivity contribution in [2.45, 2.75) is 38.0 Å². The second-order valence-electron chi connectivity index (χ2n) is 23.0. The van der Waals surface area contributed by atoms with Crippen molar-refractivity contribution in [3.63, 3.8) is 0 Å². The third kappa shape index (κ3) is 9.81. The van der Waals surface area contributed by atoms with Gasteiger partial charge in [-0.05, 0) is 149 Å². The van der Waals surface area contributed by atoms with Crippen molar-refractivity contribution < 1.29 is 0 Å². The molecule has 0 fully saturated rings. The van der Waals surface area contributed by atoms with E-state index in [4.69, 9.17) is 15.0 Å². The van der Waals surface area contributed by atoms with Crippen LogP contribution >= 0.6 is 0 Å². The van der Waals surface area contributed by atoms with Crippen LogP contribution in [0.1, 0.15) is 55.0 Å². The molecule has 0 spiro atoms. The number of hydrogen-bond donors (Lipinski definition) is 1. The van der Waals surface area contributed by atoms with E-state index >= 15 is 0 Å². The van der Waals surface area contributed by atoms with Gasteiger partial charge in [-0.25, -0.2) is 15.0 Å². The molecule has 3 aromatic heterocycles. The van der Waals surface area contributed by atoms with E-state index in [-0.39, 0.29) is 5.92 Å². The molecule has 3 aliphatic carbocycles. The minimum Gasteiger partial charge on any atom is -0.355 e. The lowest BCUT2D eigenvalue weighted by Gasteiger charge is -2.20. The van der Waals surface area contributed by atoms with Crippen LogP contribution in [0.3, 0.4) is 0 Å². The standard InChI is InChI=1S/C81H60N6/c1-6-18-54(19-7-1)64-36-46-69(58-22-10-3-11-23-58)74(52-64)82-66-40-30-56(31-41-66)62-38-48-76-72(50-62)73-51-63(57-32-42-68(43-33-57)87-75-29-17-16-28-70(75)71-47-37-65(53-78(71)87)55-20-8-2-9-21-55)39-49-77(73)86(76)67-44-34-61(35-45-67)81-84-79(59-24-12-4-13-25-59)83-80(85-81)60-26-14-5-15-27-60/h1-6,8-18,20-32,34,36-44,46-53,57,82H,7,19,33,35,45H2. The summed E-state index contributed by atoms with van der Waals surface area (Å²) in [6.07, 6.45) is 23.0. The third-order valence-corrected chi connectivity index (χ3v) is 17.7. The van der Waals surface area contributed by atoms with Crippen LogP contribution in [0.5, 0.6) is 0 Å². The van der Waals surface area contributed by atoms with Crippen molar-refractivity contribution in [3.8, 4) is 56.2 Å². The molecule has 0 saturated carbocycles. The maximum atomic E-state index is 5.11. The first-order valence-corrected chi connectivity index (χ1v) is 30.4. The summed E-state index contributed by atoms with van der Waals surface area (Å²) in [7, 11) is 0. The van der Waals surface area contributed by atoms with E-state index < -0.39 is 0 Å². The lowest BCUT2D eigenvalue weighted by atomic mass is 9.90. The Morgan fingerprint density at radius 2 is 0.989 bits per heavy atom. The van der Waals surface area contributed by atoms with Crippen molar-refractivity contribution in [2.24, 2.45) is 0 Å². The molecule has 6 heteroatoms. The Balaban J connectivity index is 0.768. The predicted molar refractivity (Wildman–Crippen MR) is 364 cm³/mol. The topological polar surface area (TPSA) is 60.6 Å². The summed E-state index contributed by atoms with van der Waals surface area (Å²) in [6.45, 7) is 0. The lowest BCUT2D eigenvalue weighted by molar-refractivity contribution is 0.851. The number of rotatable bonds is 12. The molecule has 1 N–H and O–H groups in total. The van der Waals surface area contributed by atoms with Gasteiger partial charge < -0.3 is 14.5 Å². The van der Waals surface area contributed by atoms with E-state index in [2.05, 4.69) is 269 Å². The maximum absolute atomic E-state index is 5.11. The fourth-order valence-electron chi connectivity index (χ4n) is 13.3. The molecule has 13 aromatic rings. The average molecular weight is 1120 g/mol. The number of para-hydroxylation sites is 1. The molecule has 0 bridgehead atoms. The quantitative estimate of drug-likeness (QED) is 0.132. The molecule has 3 aliphatic rings. The fraction of sp³-hybridized carbons (Fsp3) is 0.0741. The van der Waals surface area contributed by atoms with Gasteiger partial charge in [0.15, 0.2) is 17.5 Å². The summed E-state index contributed by atoms with van der Waals surface area (Å²) in [6, 6.07) is 87.6. The molecular weight excluding hydrogens is 1060 g/mol. The van der Waals surface area contributed by atoms with Crippen LogP contribution in [0, 0.1) is 0 Å². The first-order chi connectivity index (χ1) is 43.1. The largest absolute Gasteiger partial charge is 0.355 e. The summed E-state index contributed by atoms with van der Waals surface area (Å²) in [4.78, 5) is 15.2. The summed E-state index contributed by atoms with van der Waals surface area (Å²) in [5, 5.41) is 8.85. The Morgan fingerprint density at radius 1 is 0.391 bits per heavy atom. The average Bonchev–Trinajstić information content (AvgIpc) is 2.49. The number of benzene rings is 10. The molecule has 0 saturated heterocycles. The van der Waals surface area contributed by atoms with Crippen LogP contribution in [0.4, 0.5) is 11.4 Å². The van der Waals surface area contributed by atoms with Gasteiger partial charge in [0.25, 0.3) is 0 Å². The van der Waals surface area contributed by atoms with E-state index in [9.17, 15) is 0 Å². The number of hydrogen-bond acceptors (Lipinski definition) is 4. The fourth-order valence-corrected chi connectivity index (χ4v) is 13.3. The van der Waals surface area contributed by atoms with Crippen molar-refractivity contribution in [3.05, 3.63) is 308 Å². The Hall–Kier alpha value is -11.0. The van der Waals surface area contributed by atoms with E-state index in [1.165, 1.54) is 99.5 Å². The highest BCUT2D eigenvalue weighted by atomic mass is 15.0. The minimum atomic E-state index is 0.202. The molecule has 3 heterocycles. The zero-order valence-corrected chi connectivity index (χ0v) is 48.1. The van der Waals surface area contributed by atoms with Gasteiger partial charge >= 0.3 is 0 Å². The van der Waals surface area contributed by atoms with Crippen LogP contribution in [0.2, 0.25) is 0 Å². The third-order valence-electron chi connectivity index (χ3n) is 17.7. The second-order valence-corrected chi connectivity index (χ2v) is 23.0.